The Balaban J connectivity index is 1.69. The Morgan fingerprint density at radius 3 is 2.49 bits per heavy atom. The number of Topliss-reactive ketones (excluding diaryl/α,β-unsaturated/α-hetero) is 1. The lowest BCUT2D eigenvalue weighted by Gasteiger charge is -2.42. The van der Waals surface area contributed by atoms with E-state index in [0.29, 0.717) is 0 Å². The molecule has 0 amide bonds. The number of benzene rings is 2. The molecule has 2 aromatic rings. The third-order valence-electron chi connectivity index (χ3n) is 7.81. The van der Waals surface area contributed by atoms with Crippen LogP contribution >= 0.6 is 0 Å². The van der Waals surface area contributed by atoms with Crippen LogP contribution in [0.5, 0.6) is 17.2 Å². The molecule has 6 atom stereocenters. The fourth-order valence-electron chi connectivity index (χ4n) is 5.75. The molecule has 39 heavy (non-hydrogen) atoms. The number of carbonyl (C=O) groups is 3. The van der Waals surface area contributed by atoms with E-state index in [9.17, 15) is 39.9 Å². The fraction of sp³-hybridized carbons (Fsp3) is 0.444. The second kappa shape index (κ2) is 9.66. The van der Waals surface area contributed by atoms with Gasteiger partial charge in [-0.3, -0.25) is 14.4 Å². The Morgan fingerprint density at radius 1 is 1.15 bits per heavy atom. The average molecular weight is 544 g/mol. The topological polar surface area (TPSA) is 206 Å². The summed E-state index contributed by atoms with van der Waals surface area (Å²) in [4.78, 5) is 39.7. The summed E-state index contributed by atoms with van der Waals surface area (Å²) < 4.78 is 17.0. The van der Waals surface area contributed by atoms with E-state index in [-0.39, 0.29) is 34.4 Å². The first kappa shape index (κ1) is 27.2. The highest BCUT2D eigenvalue weighted by molar-refractivity contribution is 6.31. The van der Waals surface area contributed by atoms with Crippen LogP contribution in [-0.4, -0.2) is 86.7 Å². The van der Waals surface area contributed by atoms with Crippen molar-refractivity contribution in [3.05, 3.63) is 51.6 Å². The number of ketones is 3. The van der Waals surface area contributed by atoms with Crippen molar-refractivity contribution in [1.29, 1.82) is 0 Å². The van der Waals surface area contributed by atoms with Gasteiger partial charge in [-0.25, -0.2) is 0 Å². The Bertz CT molecular complexity index is 1380. The number of aliphatic hydroxyl groups is 3. The number of hydrogen-bond donors (Lipinski definition) is 6. The predicted octanol–water partition coefficient (Wildman–Crippen LogP) is 0.00130. The molecule has 1 aliphatic heterocycles. The van der Waals surface area contributed by atoms with Gasteiger partial charge in [0, 0.05) is 42.0 Å². The van der Waals surface area contributed by atoms with Gasteiger partial charge >= 0.3 is 0 Å². The van der Waals surface area contributed by atoms with Gasteiger partial charge in [-0.2, -0.15) is 0 Å². The van der Waals surface area contributed by atoms with Crippen LogP contribution < -0.4 is 10.5 Å². The molecule has 1 heterocycles. The summed E-state index contributed by atoms with van der Waals surface area (Å²) in [6, 6.07) is 3.64. The number of aromatic hydroxyl groups is 2. The number of ether oxygens (including phenoxy) is 3. The lowest BCUT2D eigenvalue weighted by Crippen LogP contribution is -2.53. The van der Waals surface area contributed by atoms with Crippen molar-refractivity contribution >= 4 is 17.3 Å². The number of carbonyl (C=O) groups excluding carboxylic acids is 3. The largest absolute Gasteiger partial charge is 0.507 e. The number of fused-ring (bicyclic) bond motifs is 3. The lowest BCUT2D eigenvalue weighted by atomic mass is 9.72. The summed E-state index contributed by atoms with van der Waals surface area (Å²) in [5.41, 5.74) is 2.37. The van der Waals surface area contributed by atoms with E-state index >= 15 is 0 Å². The van der Waals surface area contributed by atoms with Gasteiger partial charge < -0.3 is 45.5 Å². The second-order valence-corrected chi connectivity index (χ2v) is 10.2. The van der Waals surface area contributed by atoms with Gasteiger partial charge in [0.25, 0.3) is 0 Å². The maximum atomic E-state index is 13.6. The van der Waals surface area contributed by atoms with Gasteiger partial charge in [0.15, 0.2) is 17.9 Å². The first-order valence-corrected chi connectivity index (χ1v) is 12.4. The summed E-state index contributed by atoms with van der Waals surface area (Å²) in [5.74, 6) is -3.77. The third-order valence-corrected chi connectivity index (χ3v) is 7.81. The first-order valence-electron chi connectivity index (χ1n) is 12.4. The van der Waals surface area contributed by atoms with E-state index in [1.165, 1.54) is 25.3 Å². The standard InChI is InChI=1S/C27H29NO11/c1-10-22(31)13(28)6-17(38-10)39-15-8-27(36,16(30)9-29)7-12-19(15)26(35)21-20(24(12)33)23(32)11-4-3-5-14(37-2)18(11)25(21)34/h3-5,10,13,15,17,22,29,31,33,35-36H,6-9,28H2,1-2H3/t10-,13?,15-,17+,22?,27-/m0/s1. The average Bonchev–Trinajstić information content (AvgIpc) is 2.90. The van der Waals surface area contributed by atoms with E-state index in [2.05, 4.69) is 0 Å². The molecule has 0 radical (unpaired) electrons. The van der Waals surface area contributed by atoms with Crippen LogP contribution in [0.3, 0.4) is 0 Å². The molecule has 0 bridgehead atoms. The highest BCUT2D eigenvalue weighted by Gasteiger charge is 2.50. The molecule has 1 fully saturated rings. The molecular formula is C27H29NO11. The Morgan fingerprint density at radius 2 is 1.85 bits per heavy atom. The monoisotopic (exact) mass is 543 g/mol. The van der Waals surface area contributed by atoms with Gasteiger partial charge in [-0.05, 0) is 13.0 Å². The SMILES string of the molecule is COc1cccc2c1C(=O)c1c(O)c3c(c(O)c1C2=O)C[C@@](O)(C(=O)CO)C[C@@H]3O[C@@H]1CC(N)C(O)[C@H](C)O1. The minimum absolute atomic E-state index is 0.0173. The summed E-state index contributed by atoms with van der Waals surface area (Å²) in [5, 5.41) is 53.7. The highest BCUT2D eigenvalue weighted by atomic mass is 16.7. The number of phenolic OH excluding ortho intramolecular Hbond substituents is 2. The van der Waals surface area contributed by atoms with Gasteiger partial charge in [0.05, 0.1) is 42.1 Å². The second-order valence-electron chi connectivity index (χ2n) is 10.2. The van der Waals surface area contributed by atoms with E-state index in [0.717, 1.165) is 0 Å². The molecule has 0 aromatic heterocycles. The van der Waals surface area contributed by atoms with E-state index in [1.807, 2.05) is 0 Å². The number of aliphatic hydroxyl groups excluding tert-OH is 2. The zero-order valence-electron chi connectivity index (χ0n) is 21.2. The van der Waals surface area contributed by atoms with E-state index in [4.69, 9.17) is 19.9 Å². The van der Waals surface area contributed by atoms with Crippen molar-refractivity contribution in [3.8, 4) is 17.2 Å². The van der Waals surface area contributed by atoms with Crippen molar-refractivity contribution < 1.29 is 54.1 Å². The minimum Gasteiger partial charge on any atom is -0.507 e. The van der Waals surface area contributed by atoms with Gasteiger partial charge in [-0.1, -0.05) is 12.1 Å². The molecule has 7 N–H and O–H groups in total. The number of hydrogen-bond acceptors (Lipinski definition) is 12. The molecule has 0 spiro atoms. The number of nitrogens with two attached hydrogens (primary N) is 1. The van der Waals surface area contributed by atoms with Crippen molar-refractivity contribution in [2.75, 3.05) is 13.7 Å². The first-order chi connectivity index (χ1) is 18.4. The number of rotatable bonds is 5. The Hall–Kier alpha value is -3.39. The Kier molecular flexibility index (Phi) is 6.74. The van der Waals surface area contributed by atoms with Crippen molar-refractivity contribution in [1.82, 2.24) is 0 Å². The smallest absolute Gasteiger partial charge is 0.202 e. The number of methoxy groups -OCH3 is 1. The van der Waals surface area contributed by atoms with Crippen LogP contribution in [0, 0.1) is 0 Å². The molecule has 0 saturated carbocycles. The normalized spacial score (nSPS) is 29.8. The highest BCUT2D eigenvalue weighted by Crippen LogP contribution is 2.52. The van der Waals surface area contributed by atoms with Crippen LogP contribution in [0.15, 0.2) is 18.2 Å². The minimum atomic E-state index is -2.24. The van der Waals surface area contributed by atoms with Crippen LogP contribution in [0.4, 0.5) is 0 Å². The van der Waals surface area contributed by atoms with Crippen molar-refractivity contribution in [3.63, 3.8) is 0 Å². The molecule has 12 heteroatoms. The van der Waals surface area contributed by atoms with Crippen molar-refractivity contribution in [2.45, 2.75) is 62.4 Å². The quantitative estimate of drug-likeness (QED) is 0.235. The lowest BCUT2D eigenvalue weighted by molar-refractivity contribution is -0.247. The van der Waals surface area contributed by atoms with Crippen LogP contribution in [-0.2, 0) is 20.7 Å². The molecule has 1 saturated heterocycles. The van der Waals surface area contributed by atoms with Crippen LogP contribution in [0.2, 0.25) is 0 Å². The van der Waals surface area contributed by atoms with Gasteiger partial charge in [0.2, 0.25) is 5.78 Å². The fourth-order valence-corrected chi connectivity index (χ4v) is 5.75. The van der Waals surface area contributed by atoms with E-state index < -0.39 is 95.7 Å². The zero-order chi connectivity index (χ0) is 28.4. The summed E-state index contributed by atoms with van der Waals surface area (Å²) in [6.45, 7) is 0.560. The molecule has 208 valence electrons. The predicted molar refractivity (Wildman–Crippen MR) is 132 cm³/mol. The molecule has 5 rings (SSSR count). The maximum Gasteiger partial charge on any atom is 0.202 e. The molecule has 3 aliphatic rings. The zero-order valence-corrected chi connectivity index (χ0v) is 21.2. The summed E-state index contributed by atoms with van der Waals surface area (Å²) >= 11 is 0. The molecule has 2 aliphatic carbocycles. The van der Waals surface area contributed by atoms with Crippen LogP contribution in [0.1, 0.15) is 68.8 Å². The summed E-state index contributed by atoms with van der Waals surface area (Å²) in [7, 11) is 1.32. The van der Waals surface area contributed by atoms with Gasteiger partial charge in [0.1, 0.15) is 29.5 Å². The molecule has 2 aromatic carbocycles. The molecular weight excluding hydrogens is 514 g/mol. The third kappa shape index (κ3) is 4.11. The van der Waals surface area contributed by atoms with Crippen LogP contribution in [0.25, 0.3) is 0 Å². The maximum absolute atomic E-state index is 13.6. The Labute approximate surface area is 222 Å². The number of phenols is 2. The molecule has 2 unspecified atom stereocenters. The van der Waals surface area contributed by atoms with Gasteiger partial charge in [-0.15, -0.1) is 0 Å². The van der Waals surface area contributed by atoms with Crippen molar-refractivity contribution in [2.24, 2.45) is 5.73 Å². The van der Waals surface area contributed by atoms with E-state index in [1.54, 1.807) is 6.92 Å². The molecule has 12 nitrogen and oxygen atoms in total. The summed E-state index contributed by atoms with van der Waals surface area (Å²) in [6.07, 6.45) is -5.12.